The normalized spacial score (nSPS) is 11.0. The zero-order valence-corrected chi connectivity index (χ0v) is 19.6. The van der Waals surface area contributed by atoms with Gasteiger partial charge >= 0.3 is 0 Å². The predicted octanol–water partition coefficient (Wildman–Crippen LogP) is 3.26. The Morgan fingerprint density at radius 1 is 1.00 bits per heavy atom. The molecule has 32 heavy (non-hydrogen) atoms. The van der Waals surface area contributed by atoms with Crippen molar-refractivity contribution in [2.24, 2.45) is 0 Å². The van der Waals surface area contributed by atoms with Gasteiger partial charge in [-0.25, -0.2) is 8.42 Å². The number of anilines is 1. The van der Waals surface area contributed by atoms with Crippen molar-refractivity contribution in [3.8, 4) is 5.75 Å². The van der Waals surface area contributed by atoms with E-state index in [2.05, 4.69) is 10.0 Å². The molecule has 0 atom stereocenters. The molecule has 174 valence electrons. The SMILES string of the molecule is CCCNC(=O)CN(CCC)C(=O)c1cccc(S(=O)(=O)Nc2ccc(OCC)cc2)c1. The van der Waals surface area contributed by atoms with Gasteiger partial charge in [-0.05, 0) is 62.2 Å². The topological polar surface area (TPSA) is 105 Å². The minimum atomic E-state index is -3.91. The summed E-state index contributed by atoms with van der Waals surface area (Å²) < 4.78 is 33.6. The van der Waals surface area contributed by atoms with E-state index in [0.717, 1.165) is 6.42 Å². The van der Waals surface area contributed by atoms with Crippen LogP contribution in [0.5, 0.6) is 5.75 Å². The molecule has 0 saturated carbocycles. The molecule has 0 aromatic heterocycles. The fraction of sp³-hybridized carbons (Fsp3) is 0.391. The van der Waals surface area contributed by atoms with Crippen LogP contribution in [0.3, 0.4) is 0 Å². The number of hydrogen-bond acceptors (Lipinski definition) is 5. The largest absolute Gasteiger partial charge is 0.494 e. The minimum Gasteiger partial charge on any atom is -0.494 e. The second-order valence-electron chi connectivity index (χ2n) is 7.17. The maximum absolute atomic E-state index is 13.0. The molecule has 2 aromatic rings. The van der Waals surface area contributed by atoms with E-state index in [1.807, 2.05) is 20.8 Å². The van der Waals surface area contributed by atoms with Crippen molar-refractivity contribution in [1.29, 1.82) is 0 Å². The summed E-state index contributed by atoms with van der Waals surface area (Å²) >= 11 is 0. The van der Waals surface area contributed by atoms with Gasteiger partial charge in [0.25, 0.3) is 15.9 Å². The number of rotatable bonds is 12. The lowest BCUT2D eigenvalue weighted by molar-refractivity contribution is -0.121. The molecule has 2 aromatic carbocycles. The maximum Gasteiger partial charge on any atom is 0.261 e. The van der Waals surface area contributed by atoms with E-state index in [4.69, 9.17) is 4.74 Å². The molecule has 2 N–H and O–H groups in total. The van der Waals surface area contributed by atoms with Crippen molar-refractivity contribution in [2.75, 3.05) is 31.0 Å². The number of hydrogen-bond donors (Lipinski definition) is 2. The molecule has 2 rings (SSSR count). The highest BCUT2D eigenvalue weighted by Gasteiger charge is 2.21. The predicted molar refractivity (Wildman–Crippen MR) is 124 cm³/mol. The molecule has 9 heteroatoms. The average Bonchev–Trinajstić information content (AvgIpc) is 2.78. The summed E-state index contributed by atoms with van der Waals surface area (Å²) in [4.78, 5) is 26.5. The monoisotopic (exact) mass is 461 g/mol. The standard InChI is InChI=1S/C23H31N3O5S/c1-4-14-24-22(27)17-26(15-5-2)23(28)18-8-7-9-21(16-18)32(29,30)25-19-10-12-20(13-11-19)31-6-3/h7-13,16,25H,4-6,14-15,17H2,1-3H3,(H,24,27). The summed E-state index contributed by atoms with van der Waals surface area (Å²) in [6.07, 6.45) is 1.47. The van der Waals surface area contributed by atoms with Crippen molar-refractivity contribution < 1.29 is 22.7 Å². The van der Waals surface area contributed by atoms with E-state index in [0.29, 0.717) is 37.6 Å². The van der Waals surface area contributed by atoms with Gasteiger partial charge in [-0.1, -0.05) is 19.9 Å². The molecule has 8 nitrogen and oxygen atoms in total. The first-order valence-electron chi connectivity index (χ1n) is 10.7. The van der Waals surface area contributed by atoms with Gasteiger partial charge in [0.05, 0.1) is 18.0 Å². The highest BCUT2D eigenvalue weighted by Crippen LogP contribution is 2.20. The number of carbonyl (C=O) groups excluding carboxylic acids is 2. The van der Waals surface area contributed by atoms with Crippen LogP contribution in [0, 0.1) is 0 Å². The second-order valence-corrected chi connectivity index (χ2v) is 8.85. The van der Waals surface area contributed by atoms with Crippen molar-refractivity contribution in [3.63, 3.8) is 0 Å². The number of nitrogens with one attached hydrogen (secondary N) is 2. The van der Waals surface area contributed by atoms with Crippen LogP contribution >= 0.6 is 0 Å². The third kappa shape index (κ3) is 7.26. The lowest BCUT2D eigenvalue weighted by Gasteiger charge is -2.22. The first-order valence-corrected chi connectivity index (χ1v) is 12.2. The van der Waals surface area contributed by atoms with Gasteiger partial charge < -0.3 is 15.0 Å². The summed E-state index contributed by atoms with van der Waals surface area (Å²) in [6.45, 7) is 7.09. The van der Waals surface area contributed by atoms with Crippen LogP contribution in [0.15, 0.2) is 53.4 Å². The van der Waals surface area contributed by atoms with Crippen LogP contribution in [0.1, 0.15) is 44.0 Å². The zero-order chi connectivity index (χ0) is 23.6. The Balaban J connectivity index is 2.19. The molecule has 0 fully saturated rings. The Labute approximate surface area is 190 Å². The molecule has 2 amide bonds. The Kier molecular flexibility index (Phi) is 9.52. The third-order valence-electron chi connectivity index (χ3n) is 4.50. The smallest absolute Gasteiger partial charge is 0.261 e. The molecule has 0 bridgehead atoms. The van der Waals surface area contributed by atoms with E-state index >= 15 is 0 Å². The molecule has 0 aliphatic rings. The highest BCUT2D eigenvalue weighted by molar-refractivity contribution is 7.92. The van der Waals surface area contributed by atoms with Gasteiger partial charge in [-0.3, -0.25) is 14.3 Å². The summed E-state index contributed by atoms with van der Waals surface area (Å²) in [7, 11) is -3.91. The van der Waals surface area contributed by atoms with Crippen molar-refractivity contribution in [1.82, 2.24) is 10.2 Å². The number of nitrogens with zero attached hydrogens (tertiary/aromatic N) is 1. The Bertz CT molecular complexity index is 1010. The number of sulfonamides is 1. The number of ether oxygens (including phenoxy) is 1. The second kappa shape index (κ2) is 12.1. The molecular weight excluding hydrogens is 430 g/mol. The van der Waals surface area contributed by atoms with E-state index in [1.165, 1.54) is 23.1 Å². The van der Waals surface area contributed by atoms with Crippen LogP contribution in [0.25, 0.3) is 0 Å². The van der Waals surface area contributed by atoms with Crippen molar-refractivity contribution >= 4 is 27.5 Å². The third-order valence-corrected chi connectivity index (χ3v) is 5.88. The van der Waals surface area contributed by atoms with Gasteiger partial charge in [-0.2, -0.15) is 0 Å². The molecule has 0 saturated heterocycles. The molecule has 0 spiro atoms. The lowest BCUT2D eigenvalue weighted by atomic mass is 10.2. The first-order chi connectivity index (χ1) is 15.3. The van der Waals surface area contributed by atoms with Gasteiger partial charge in [0.2, 0.25) is 5.91 Å². The number of benzene rings is 2. The van der Waals surface area contributed by atoms with Gasteiger partial charge in [0.1, 0.15) is 5.75 Å². The summed E-state index contributed by atoms with van der Waals surface area (Å²) in [5.41, 5.74) is 0.585. The summed E-state index contributed by atoms with van der Waals surface area (Å²) in [5.74, 6) is 0.00763. The van der Waals surface area contributed by atoms with Gasteiger partial charge in [0.15, 0.2) is 0 Å². The van der Waals surface area contributed by atoms with Crippen LogP contribution in [-0.4, -0.2) is 51.4 Å². The quantitative estimate of drug-likeness (QED) is 0.505. The Morgan fingerprint density at radius 3 is 2.34 bits per heavy atom. The van der Waals surface area contributed by atoms with E-state index in [9.17, 15) is 18.0 Å². The number of carbonyl (C=O) groups is 2. The Hall–Kier alpha value is -3.07. The fourth-order valence-corrected chi connectivity index (χ4v) is 4.10. The van der Waals surface area contributed by atoms with E-state index in [-0.39, 0.29) is 22.9 Å². The summed E-state index contributed by atoms with van der Waals surface area (Å²) in [5, 5.41) is 2.75. The number of amides is 2. The van der Waals surface area contributed by atoms with Crippen molar-refractivity contribution in [3.05, 3.63) is 54.1 Å². The van der Waals surface area contributed by atoms with E-state index in [1.54, 1.807) is 30.3 Å². The van der Waals surface area contributed by atoms with Crippen LogP contribution < -0.4 is 14.8 Å². The van der Waals surface area contributed by atoms with Crippen LogP contribution in [0.2, 0.25) is 0 Å². The van der Waals surface area contributed by atoms with Crippen LogP contribution in [-0.2, 0) is 14.8 Å². The minimum absolute atomic E-state index is 0.0379. The van der Waals surface area contributed by atoms with E-state index < -0.39 is 15.9 Å². The fourth-order valence-electron chi connectivity index (χ4n) is 2.99. The zero-order valence-electron chi connectivity index (χ0n) is 18.8. The molecule has 0 unspecified atom stereocenters. The molecule has 0 heterocycles. The molecule has 0 radical (unpaired) electrons. The van der Waals surface area contributed by atoms with Gasteiger partial charge in [0, 0.05) is 24.3 Å². The molecule has 0 aliphatic carbocycles. The highest BCUT2D eigenvalue weighted by atomic mass is 32.2. The van der Waals surface area contributed by atoms with Crippen molar-refractivity contribution in [2.45, 2.75) is 38.5 Å². The first kappa shape index (κ1) is 25.2. The molecular formula is C23H31N3O5S. The summed E-state index contributed by atoms with van der Waals surface area (Å²) in [6, 6.07) is 12.4. The Morgan fingerprint density at radius 2 is 1.72 bits per heavy atom. The van der Waals surface area contributed by atoms with Gasteiger partial charge in [-0.15, -0.1) is 0 Å². The van der Waals surface area contributed by atoms with Crippen LogP contribution in [0.4, 0.5) is 5.69 Å². The maximum atomic E-state index is 13.0. The average molecular weight is 462 g/mol. The molecule has 0 aliphatic heterocycles. The lowest BCUT2D eigenvalue weighted by Crippen LogP contribution is -2.41.